The van der Waals surface area contributed by atoms with E-state index in [2.05, 4.69) is 13.0 Å². The van der Waals surface area contributed by atoms with Crippen LogP contribution in [0.25, 0.3) is 0 Å². The molecule has 0 amide bonds. The maximum Gasteiger partial charge on any atom is 0.0944 e. The highest BCUT2D eigenvalue weighted by atomic mass is 32.2. The molecule has 12 heavy (non-hydrogen) atoms. The van der Waals surface area contributed by atoms with Crippen molar-refractivity contribution in [2.24, 2.45) is 5.92 Å². The Bertz CT molecular complexity index is 156. The zero-order chi connectivity index (χ0) is 8.81. The van der Waals surface area contributed by atoms with Gasteiger partial charge in [0.1, 0.15) is 0 Å². The minimum atomic E-state index is 0.273. The lowest BCUT2D eigenvalue weighted by atomic mass is 9.87. The molecule has 1 unspecified atom stereocenters. The number of rotatable bonds is 3. The van der Waals surface area contributed by atoms with Crippen LogP contribution in [-0.4, -0.2) is 11.0 Å². The fourth-order valence-electron chi connectivity index (χ4n) is 1.90. The van der Waals surface area contributed by atoms with E-state index in [0.29, 0.717) is 5.92 Å². The molecule has 0 heterocycles. The van der Waals surface area contributed by atoms with E-state index in [9.17, 15) is 0 Å². The first-order valence-corrected chi connectivity index (χ1v) is 5.94. The Balaban J connectivity index is 2.36. The van der Waals surface area contributed by atoms with Gasteiger partial charge in [-0.3, -0.25) is 0 Å². The van der Waals surface area contributed by atoms with Crippen LogP contribution in [0.4, 0.5) is 0 Å². The van der Waals surface area contributed by atoms with E-state index in [1.165, 1.54) is 32.1 Å². The van der Waals surface area contributed by atoms with Crippen molar-refractivity contribution in [2.75, 3.05) is 5.75 Å². The predicted molar refractivity (Wildman–Crippen MR) is 54.1 cm³/mol. The molecule has 1 atom stereocenters. The molecule has 1 nitrogen and oxygen atoms in total. The molecule has 0 saturated heterocycles. The van der Waals surface area contributed by atoms with Gasteiger partial charge in [-0.2, -0.15) is 5.26 Å². The third-order valence-corrected chi connectivity index (χ3v) is 3.73. The SMILES string of the molecule is CCSC(C#N)C1CCCCC1. The van der Waals surface area contributed by atoms with E-state index in [4.69, 9.17) is 5.26 Å². The van der Waals surface area contributed by atoms with Crippen molar-refractivity contribution in [1.82, 2.24) is 0 Å². The summed E-state index contributed by atoms with van der Waals surface area (Å²) in [6.45, 7) is 2.14. The molecule has 0 radical (unpaired) electrons. The number of nitriles is 1. The monoisotopic (exact) mass is 183 g/mol. The largest absolute Gasteiger partial charge is 0.197 e. The molecular formula is C10H17NS. The molecule has 0 aromatic carbocycles. The molecule has 0 aromatic rings. The van der Waals surface area contributed by atoms with Gasteiger partial charge in [0.2, 0.25) is 0 Å². The smallest absolute Gasteiger partial charge is 0.0944 e. The van der Waals surface area contributed by atoms with Gasteiger partial charge in [0.05, 0.1) is 11.3 Å². The molecular weight excluding hydrogens is 166 g/mol. The Morgan fingerprint density at radius 2 is 2.08 bits per heavy atom. The van der Waals surface area contributed by atoms with Gasteiger partial charge < -0.3 is 0 Å². The zero-order valence-corrected chi connectivity index (χ0v) is 8.57. The first-order valence-electron chi connectivity index (χ1n) is 4.89. The molecule has 1 aliphatic rings. The third-order valence-electron chi connectivity index (χ3n) is 2.55. The summed E-state index contributed by atoms with van der Waals surface area (Å²) in [7, 11) is 0. The second-order valence-corrected chi connectivity index (χ2v) is 4.82. The summed E-state index contributed by atoms with van der Waals surface area (Å²) >= 11 is 1.82. The van der Waals surface area contributed by atoms with Crippen molar-refractivity contribution in [3.63, 3.8) is 0 Å². The van der Waals surface area contributed by atoms with Crippen LogP contribution in [0.3, 0.4) is 0 Å². The first kappa shape index (κ1) is 9.92. The van der Waals surface area contributed by atoms with Gasteiger partial charge in [-0.15, -0.1) is 11.8 Å². The molecule has 2 heteroatoms. The molecule has 0 aromatic heterocycles. The average Bonchev–Trinajstić information content (AvgIpc) is 2.15. The second-order valence-electron chi connectivity index (χ2n) is 3.40. The highest BCUT2D eigenvalue weighted by molar-refractivity contribution is 8.00. The summed E-state index contributed by atoms with van der Waals surface area (Å²) in [5.74, 6) is 1.77. The minimum absolute atomic E-state index is 0.273. The fourth-order valence-corrected chi connectivity index (χ4v) is 2.87. The molecule has 0 aliphatic heterocycles. The predicted octanol–water partition coefficient (Wildman–Crippen LogP) is 3.21. The Morgan fingerprint density at radius 3 is 2.58 bits per heavy atom. The van der Waals surface area contributed by atoms with E-state index in [1.807, 2.05) is 11.8 Å². The van der Waals surface area contributed by atoms with Crippen LogP contribution in [0.2, 0.25) is 0 Å². The summed E-state index contributed by atoms with van der Waals surface area (Å²) in [5, 5.41) is 9.21. The van der Waals surface area contributed by atoms with Crippen molar-refractivity contribution >= 4 is 11.8 Å². The van der Waals surface area contributed by atoms with Crippen LogP contribution in [0.1, 0.15) is 39.0 Å². The van der Waals surface area contributed by atoms with E-state index in [1.54, 1.807) is 0 Å². The number of thioether (sulfide) groups is 1. The van der Waals surface area contributed by atoms with Crippen molar-refractivity contribution < 1.29 is 0 Å². The Kier molecular flexibility index (Phi) is 4.53. The maximum atomic E-state index is 8.94. The minimum Gasteiger partial charge on any atom is -0.197 e. The highest BCUT2D eigenvalue weighted by Gasteiger charge is 2.22. The van der Waals surface area contributed by atoms with Gasteiger partial charge in [0, 0.05) is 0 Å². The lowest BCUT2D eigenvalue weighted by Crippen LogP contribution is -2.18. The normalized spacial score (nSPS) is 21.7. The molecule has 1 saturated carbocycles. The van der Waals surface area contributed by atoms with Crippen molar-refractivity contribution in [2.45, 2.75) is 44.3 Å². The fraction of sp³-hybridized carbons (Fsp3) is 0.900. The number of nitrogens with zero attached hydrogens (tertiary/aromatic N) is 1. The van der Waals surface area contributed by atoms with Crippen LogP contribution < -0.4 is 0 Å². The molecule has 68 valence electrons. The topological polar surface area (TPSA) is 23.8 Å². The summed E-state index contributed by atoms with van der Waals surface area (Å²) in [6.07, 6.45) is 6.63. The lowest BCUT2D eigenvalue weighted by Gasteiger charge is -2.24. The average molecular weight is 183 g/mol. The van der Waals surface area contributed by atoms with Crippen LogP contribution in [0.5, 0.6) is 0 Å². The first-order chi connectivity index (χ1) is 5.88. The molecule has 1 aliphatic carbocycles. The van der Waals surface area contributed by atoms with E-state index < -0.39 is 0 Å². The quantitative estimate of drug-likeness (QED) is 0.671. The lowest BCUT2D eigenvalue weighted by molar-refractivity contribution is 0.370. The van der Waals surface area contributed by atoms with Gasteiger partial charge in [-0.25, -0.2) is 0 Å². The van der Waals surface area contributed by atoms with Crippen molar-refractivity contribution in [3.05, 3.63) is 0 Å². The molecule has 0 bridgehead atoms. The second kappa shape index (κ2) is 5.48. The van der Waals surface area contributed by atoms with E-state index in [-0.39, 0.29) is 5.25 Å². The van der Waals surface area contributed by atoms with Crippen LogP contribution >= 0.6 is 11.8 Å². The van der Waals surface area contributed by atoms with E-state index >= 15 is 0 Å². The van der Waals surface area contributed by atoms with Crippen molar-refractivity contribution in [1.29, 1.82) is 5.26 Å². The highest BCUT2D eigenvalue weighted by Crippen LogP contribution is 2.31. The van der Waals surface area contributed by atoms with Gasteiger partial charge in [-0.1, -0.05) is 26.2 Å². The van der Waals surface area contributed by atoms with Crippen molar-refractivity contribution in [3.8, 4) is 6.07 Å². The van der Waals surface area contributed by atoms with Crippen LogP contribution in [0.15, 0.2) is 0 Å². The molecule has 0 spiro atoms. The zero-order valence-electron chi connectivity index (χ0n) is 7.75. The van der Waals surface area contributed by atoms with Gasteiger partial charge in [0.25, 0.3) is 0 Å². The van der Waals surface area contributed by atoms with Crippen LogP contribution in [-0.2, 0) is 0 Å². The summed E-state index contributed by atoms with van der Waals surface area (Å²) in [6, 6.07) is 2.44. The molecule has 1 rings (SSSR count). The summed E-state index contributed by atoms with van der Waals surface area (Å²) < 4.78 is 0. The molecule has 1 fully saturated rings. The standard InChI is InChI=1S/C10H17NS/c1-2-12-10(8-11)9-6-4-3-5-7-9/h9-10H,2-7H2,1H3. The van der Waals surface area contributed by atoms with E-state index in [0.717, 1.165) is 5.75 Å². The Hall–Kier alpha value is -0.160. The molecule has 0 N–H and O–H groups in total. The van der Waals surface area contributed by atoms with Crippen LogP contribution in [0, 0.1) is 17.2 Å². The van der Waals surface area contributed by atoms with Gasteiger partial charge >= 0.3 is 0 Å². The van der Waals surface area contributed by atoms with Gasteiger partial charge in [0.15, 0.2) is 0 Å². The summed E-state index contributed by atoms with van der Waals surface area (Å²) in [4.78, 5) is 0. The Morgan fingerprint density at radius 1 is 1.42 bits per heavy atom. The van der Waals surface area contributed by atoms with Gasteiger partial charge in [-0.05, 0) is 24.5 Å². The number of hydrogen-bond donors (Lipinski definition) is 0. The summed E-state index contributed by atoms with van der Waals surface area (Å²) in [5.41, 5.74) is 0. The number of hydrogen-bond acceptors (Lipinski definition) is 2. The third kappa shape index (κ3) is 2.71. The Labute approximate surface area is 79.5 Å². The maximum absolute atomic E-state index is 8.94.